The molecule has 0 amide bonds. The van der Waals surface area contributed by atoms with Crippen LogP contribution >= 0.6 is 11.6 Å². The topological polar surface area (TPSA) is 55.4 Å². The first-order valence-corrected chi connectivity index (χ1v) is 8.21. The standard InChI is InChI=1S/C13H20ClNO3S/c1-3-4-11-5-7-13(8-6-11)19(16,17)15-12(9-14)10-18-2/h5-8,12,15H,3-4,9-10H2,1-2H3. The van der Waals surface area contributed by atoms with Crippen molar-refractivity contribution >= 4 is 21.6 Å². The molecule has 1 N–H and O–H groups in total. The van der Waals surface area contributed by atoms with Crippen molar-refractivity contribution < 1.29 is 13.2 Å². The van der Waals surface area contributed by atoms with Crippen LogP contribution in [0.25, 0.3) is 0 Å². The van der Waals surface area contributed by atoms with Gasteiger partial charge in [-0.25, -0.2) is 13.1 Å². The van der Waals surface area contributed by atoms with E-state index in [0.717, 1.165) is 18.4 Å². The number of ether oxygens (including phenoxy) is 1. The Balaban J connectivity index is 2.81. The summed E-state index contributed by atoms with van der Waals surface area (Å²) in [6.07, 6.45) is 1.98. The minimum atomic E-state index is -3.54. The zero-order valence-electron chi connectivity index (χ0n) is 11.2. The van der Waals surface area contributed by atoms with E-state index in [2.05, 4.69) is 11.6 Å². The molecule has 19 heavy (non-hydrogen) atoms. The molecule has 6 heteroatoms. The van der Waals surface area contributed by atoms with E-state index in [1.165, 1.54) is 7.11 Å². The number of benzene rings is 1. The highest BCUT2D eigenvalue weighted by Gasteiger charge is 2.19. The molecule has 1 rings (SSSR count). The van der Waals surface area contributed by atoms with Crippen LogP contribution in [0.1, 0.15) is 18.9 Å². The number of hydrogen-bond acceptors (Lipinski definition) is 3. The van der Waals surface area contributed by atoms with E-state index in [0.29, 0.717) is 0 Å². The van der Waals surface area contributed by atoms with E-state index in [9.17, 15) is 8.42 Å². The summed E-state index contributed by atoms with van der Waals surface area (Å²) in [7, 11) is -2.03. The van der Waals surface area contributed by atoms with Gasteiger partial charge in [-0.15, -0.1) is 11.6 Å². The summed E-state index contributed by atoms with van der Waals surface area (Å²) >= 11 is 5.70. The Bertz CT molecular complexity index is 473. The maximum Gasteiger partial charge on any atom is 0.240 e. The van der Waals surface area contributed by atoms with Crippen LogP contribution in [-0.2, 0) is 21.2 Å². The summed E-state index contributed by atoms with van der Waals surface area (Å²) in [5, 5.41) is 0. The molecule has 1 aromatic rings. The summed E-state index contributed by atoms with van der Waals surface area (Å²) in [6, 6.07) is 6.48. The monoisotopic (exact) mass is 305 g/mol. The lowest BCUT2D eigenvalue weighted by Gasteiger charge is -2.15. The van der Waals surface area contributed by atoms with Gasteiger partial charge in [0.1, 0.15) is 0 Å². The van der Waals surface area contributed by atoms with Gasteiger partial charge >= 0.3 is 0 Å². The van der Waals surface area contributed by atoms with Gasteiger partial charge < -0.3 is 4.74 Å². The Hall–Kier alpha value is -0.620. The Labute approximate surface area is 120 Å². The van der Waals surface area contributed by atoms with E-state index in [4.69, 9.17) is 16.3 Å². The van der Waals surface area contributed by atoms with E-state index >= 15 is 0 Å². The molecule has 1 atom stereocenters. The van der Waals surface area contributed by atoms with Crippen LogP contribution in [0.2, 0.25) is 0 Å². The zero-order chi connectivity index (χ0) is 14.3. The van der Waals surface area contributed by atoms with Gasteiger partial charge in [-0.1, -0.05) is 25.5 Å². The molecule has 1 unspecified atom stereocenters. The molecule has 4 nitrogen and oxygen atoms in total. The molecule has 0 aliphatic rings. The number of nitrogens with one attached hydrogen (secondary N) is 1. The first kappa shape index (κ1) is 16.4. The van der Waals surface area contributed by atoms with Crippen LogP contribution in [0.3, 0.4) is 0 Å². The normalized spacial score (nSPS) is 13.4. The maximum absolute atomic E-state index is 12.1. The Kier molecular flexibility index (Phi) is 6.79. The summed E-state index contributed by atoms with van der Waals surface area (Å²) in [5.41, 5.74) is 1.13. The number of hydrogen-bond donors (Lipinski definition) is 1. The van der Waals surface area contributed by atoms with E-state index in [1.54, 1.807) is 12.1 Å². The van der Waals surface area contributed by atoms with Crippen molar-refractivity contribution in [3.8, 4) is 0 Å². The fraction of sp³-hybridized carbons (Fsp3) is 0.538. The smallest absolute Gasteiger partial charge is 0.240 e. The molecule has 0 saturated heterocycles. The highest BCUT2D eigenvalue weighted by molar-refractivity contribution is 7.89. The molecular formula is C13H20ClNO3S. The van der Waals surface area contributed by atoms with Crippen molar-refractivity contribution in [2.24, 2.45) is 0 Å². The predicted octanol–water partition coefficient (Wildman–Crippen LogP) is 2.17. The fourth-order valence-electron chi connectivity index (χ4n) is 1.72. The van der Waals surface area contributed by atoms with Crippen molar-refractivity contribution in [3.63, 3.8) is 0 Å². The molecular weight excluding hydrogens is 286 g/mol. The quantitative estimate of drug-likeness (QED) is 0.749. The number of methoxy groups -OCH3 is 1. The van der Waals surface area contributed by atoms with Crippen LogP contribution in [-0.4, -0.2) is 34.1 Å². The highest BCUT2D eigenvalue weighted by Crippen LogP contribution is 2.12. The Morgan fingerprint density at radius 2 is 1.95 bits per heavy atom. The lowest BCUT2D eigenvalue weighted by atomic mass is 10.1. The molecule has 0 aliphatic heterocycles. The second-order valence-corrected chi connectivity index (χ2v) is 6.34. The molecule has 1 aromatic carbocycles. The number of rotatable bonds is 8. The summed E-state index contributed by atoms with van der Waals surface area (Å²) in [5.74, 6) is 0.168. The molecule has 0 saturated carbocycles. The summed E-state index contributed by atoms with van der Waals surface area (Å²) in [4.78, 5) is 0.249. The number of halogens is 1. The molecule has 0 radical (unpaired) electrons. The van der Waals surface area contributed by atoms with Gasteiger partial charge in [-0.05, 0) is 24.1 Å². The van der Waals surface area contributed by atoms with Gasteiger partial charge in [-0.3, -0.25) is 0 Å². The van der Waals surface area contributed by atoms with Crippen LogP contribution < -0.4 is 4.72 Å². The van der Waals surface area contributed by atoms with Crippen molar-refractivity contribution in [1.82, 2.24) is 4.72 Å². The number of aryl methyl sites for hydroxylation is 1. The van der Waals surface area contributed by atoms with Crippen LogP contribution in [0.15, 0.2) is 29.2 Å². The summed E-state index contributed by atoms with van der Waals surface area (Å²) in [6.45, 7) is 2.33. The highest BCUT2D eigenvalue weighted by atomic mass is 35.5. The van der Waals surface area contributed by atoms with Crippen molar-refractivity contribution in [1.29, 1.82) is 0 Å². The number of alkyl halides is 1. The largest absolute Gasteiger partial charge is 0.383 e. The molecule has 0 spiro atoms. The fourth-order valence-corrected chi connectivity index (χ4v) is 3.20. The first-order chi connectivity index (χ1) is 9.03. The van der Waals surface area contributed by atoms with Crippen molar-refractivity contribution in [2.75, 3.05) is 19.6 Å². The molecule has 0 heterocycles. The van der Waals surface area contributed by atoms with Gasteiger partial charge in [-0.2, -0.15) is 0 Å². The molecule has 0 bridgehead atoms. The predicted molar refractivity (Wildman–Crippen MR) is 77.1 cm³/mol. The minimum Gasteiger partial charge on any atom is -0.383 e. The molecule has 108 valence electrons. The van der Waals surface area contributed by atoms with Gasteiger partial charge in [0.05, 0.1) is 17.5 Å². The van der Waals surface area contributed by atoms with Gasteiger partial charge in [0.25, 0.3) is 0 Å². The van der Waals surface area contributed by atoms with Gasteiger partial charge in [0, 0.05) is 13.0 Å². The van der Waals surface area contributed by atoms with Gasteiger partial charge in [0.15, 0.2) is 0 Å². The maximum atomic E-state index is 12.1. The van der Waals surface area contributed by atoms with E-state index in [1.807, 2.05) is 12.1 Å². The van der Waals surface area contributed by atoms with Crippen molar-refractivity contribution in [3.05, 3.63) is 29.8 Å². The lowest BCUT2D eigenvalue weighted by Crippen LogP contribution is -2.39. The van der Waals surface area contributed by atoms with E-state index < -0.39 is 16.1 Å². The molecule has 0 aliphatic carbocycles. The van der Waals surface area contributed by atoms with Crippen LogP contribution in [0, 0.1) is 0 Å². The third-order valence-electron chi connectivity index (χ3n) is 2.65. The zero-order valence-corrected chi connectivity index (χ0v) is 12.8. The number of sulfonamides is 1. The Morgan fingerprint density at radius 1 is 1.32 bits per heavy atom. The van der Waals surface area contributed by atoms with Crippen LogP contribution in [0.5, 0.6) is 0 Å². The third kappa shape index (κ3) is 5.10. The van der Waals surface area contributed by atoms with E-state index in [-0.39, 0.29) is 17.4 Å². The lowest BCUT2D eigenvalue weighted by molar-refractivity contribution is 0.181. The average molecular weight is 306 g/mol. The Morgan fingerprint density at radius 3 is 2.42 bits per heavy atom. The SMILES string of the molecule is CCCc1ccc(S(=O)(=O)NC(CCl)COC)cc1. The van der Waals surface area contributed by atoms with Gasteiger partial charge in [0.2, 0.25) is 10.0 Å². The minimum absolute atomic E-state index is 0.168. The molecule has 0 fully saturated rings. The molecule has 0 aromatic heterocycles. The third-order valence-corrected chi connectivity index (χ3v) is 4.56. The second-order valence-electron chi connectivity index (χ2n) is 4.32. The second kappa shape index (κ2) is 7.85. The average Bonchev–Trinajstić information content (AvgIpc) is 2.39. The first-order valence-electron chi connectivity index (χ1n) is 6.19. The van der Waals surface area contributed by atoms with Crippen LogP contribution in [0.4, 0.5) is 0 Å². The van der Waals surface area contributed by atoms with Crippen molar-refractivity contribution in [2.45, 2.75) is 30.7 Å². The summed E-state index contributed by atoms with van der Waals surface area (Å²) < 4.78 is 31.7.